The van der Waals surface area contributed by atoms with Crippen LogP contribution < -0.4 is 11.1 Å². The molecule has 1 heterocycles. The zero-order chi connectivity index (χ0) is 17.5. The molecule has 1 aliphatic heterocycles. The number of piperidine rings is 1. The van der Waals surface area contributed by atoms with Crippen molar-refractivity contribution in [2.24, 2.45) is 16.6 Å². The van der Waals surface area contributed by atoms with Crippen LogP contribution in [-0.4, -0.2) is 41.8 Å². The number of amides is 1. The lowest BCUT2D eigenvalue weighted by atomic mass is 9.95. The fraction of sp³-hybridized carbons (Fsp3) is 0.500. The monoisotopic (exact) mass is 333 g/mol. The van der Waals surface area contributed by atoms with E-state index in [1.54, 1.807) is 19.2 Å². The van der Waals surface area contributed by atoms with Gasteiger partial charge in [-0.15, -0.1) is 0 Å². The highest BCUT2D eigenvalue weighted by Gasteiger charge is 2.23. The zero-order valence-electron chi connectivity index (χ0n) is 13.8. The predicted octanol–water partition coefficient (Wildman–Crippen LogP) is 1.26. The van der Waals surface area contributed by atoms with Gasteiger partial charge >= 0.3 is 0 Å². The van der Waals surface area contributed by atoms with Crippen LogP contribution >= 0.6 is 0 Å². The number of nitrogens with two attached hydrogens (primary N) is 1. The van der Waals surface area contributed by atoms with Crippen LogP contribution in [0, 0.1) is 16.0 Å². The van der Waals surface area contributed by atoms with Crippen molar-refractivity contribution in [3.63, 3.8) is 0 Å². The van der Waals surface area contributed by atoms with E-state index < -0.39 is 4.92 Å². The lowest BCUT2D eigenvalue weighted by Crippen LogP contribution is -2.46. The summed E-state index contributed by atoms with van der Waals surface area (Å²) in [5.41, 5.74) is 6.31. The largest absolute Gasteiger partial charge is 0.370 e. The average Bonchev–Trinajstić information content (AvgIpc) is 2.55. The number of benzene rings is 1. The standard InChI is InChI=1S/C16H23N5O3/c1-18-16(20-8-2-3-13(11-20)9-15(17)22)19-10-12-4-6-14(7-5-12)21(23)24/h4-7,13H,2-3,8-11H2,1H3,(H2,17,22)(H,18,19). The molecule has 0 bridgehead atoms. The van der Waals surface area contributed by atoms with Crippen LogP contribution in [0.1, 0.15) is 24.8 Å². The molecule has 1 saturated heterocycles. The number of aliphatic imine (C=N–C) groups is 1. The summed E-state index contributed by atoms with van der Waals surface area (Å²) in [4.78, 5) is 27.8. The third kappa shape index (κ3) is 4.94. The molecule has 8 heteroatoms. The molecule has 0 aliphatic carbocycles. The molecular formula is C16H23N5O3. The van der Waals surface area contributed by atoms with E-state index in [0.717, 1.165) is 37.5 Å². The summed E-state index contributed by atoms with van der Waals surface area (Å²) >= 11 is 0. The minimum Gasteiger partial charge on any atom is -0.370 e. The molecule has 0 saturated carbocycles. The molecule has 1 aromatic rings. The predicted molar refractivity (Wildman–Crippen MR) is 91.4 cm³/mol. The average molecular weight is 333 g/mol. The number of rotatable bonds is 5. The lowest BCUT2D eigenvalue weighted by Gasteiger charge is -2.34. The molecule has 3 N–H and O–H groups in total. The Hall–Kier alpha value is -2.64. The van der Waals surface area contributed by atoms with Crippen molar-refractivity contribution in [2.45, 2.75) is 25.8 Å². The van der Waals surface area contributed by atoms with Crippen molar-refractivity contribution < 1.29 is 9.72 Å². The number of hydrogen-bond acceptors (Lipinski definition) is 4. The Kier molecular flexibility index (Phi) is 6.11. The number of likely N-dealkylation sites (tertiary alicyclic amines) is 1. The highest BCUT2D eigenvalue weighted by molar-refractivity contribution is 5.80. The van der Waals surface area contributed by atoms with E-state index in [0.29, 0.717) is 13.0 Å². The van der Waals surface area contributed by atoms with Gasteiger partial charge in [-0.1, -0.05) is 12.1 Å². The number of nitrogens with zero attached hydrogens (tertiary/aromatic N) is 3. The molecule has 0 radical (unpaired) electrons. The van der Waals surface area contributed by atoms with Crippen molar-refractivity contribution >= 4 is 17.6 Å². The summed E-state index contributed by atoms with van der Waals surface area (Å²) < 4.78 is 0. The third-order valence-electron chi connectivity index (χ3n) is 4.12. The van der Waals surface area contributed by atoms with Gasteiger partial charge in [0.2, 0.25) is 5.91 Å². The number of guanidine groups is 1. The van der Waals surface area contributed by atoms with Crippen LogP contribution in [0.2, 0.25) is 0 Å². The molecule has 1 fully saturated rings. The van der Waals surface area contributed by atoms with Crippen LogP contribution in [0.5, 0.6) is 0 Å². The Labute approximate surface area is 140 Å². The summed E-state index contributed by atoms with van der Waals surface area (Å²) in [6.45, 7) is 2.17. The first-order chi connectivity index (χ1) is 11.5. The molecule has 1 aliphatic rings. The summed E-state index contributed by atoms with van der Waals surface area (Å²) in [6, 6.07) is 6.43. The molecule has 1 unspecified atom stereocenters. The van der Waals surface area contributed by atoms with Gasteiger partial charge in [-0.2, -0.15) is 0 Å². The van der Waals surface area contributed by atoms with Crippen LogP contribution in [0.4, 0.5) is 5.69 Å². The van der Waals surface area contributed by atoms with Gasteiger partial charge in [0.1, 0.15) is 0 Å². The topological polar surface area (TPSA) is 114 Å². The number of carbonyl (C=O) groups is 1. The number of carbonyl (C=O) groups excluding carboxylic acids is 1. The molecule has 24 heavy (non-hydrogen) atoms. The SMILES string of the molecule is CN=C(NCc1ccc([N+](=O)[O-])cc1)N1CCCC(CC(N)=O)C1. The van der Waals surface area contributed by atoms with Crippen molar-refractivity contribution in [1.29, 1.82) is 0 Å². The number of nitro benzene ring substituents is 1. The summed E-state index contributed by atoms with van der Waals surface area (Å²) in [5.74, 6) is 0.757. The maximum absolute atomic E-state index is 11.1. The number of primary amides is 1. The van der Waals surface area contributed by atoms with Crippen molar-refractivity contribution in [2.75, 3.05) is 20.1 Å². The van der Waals surface area contributed by atoms with Gasteiger partial charge in [0.25, 0.3) is 5.69 Å². The van der Waals surface area contributed by atoms with Crippen LogP contribution in [-0.2, 0) is 11.3 Å². The third-order valence-corrected chi connectivity index (χ3v) is 4.12. The smallest absolute Gasteiger partial charge is 0.269 e. The molecule has 1 aromatic carbocycles. The van der Waals surface area contributed by atoms with Gasteiger partial charge in [0.15, 0.2) is 5.96 Å². The number of hydrogen-bond donors (Lipinski definition) is 2. The molecule has 130 valence electrons. The normalized spacial score (nSPS) is 18.3. The van der Waals surface area contributed by atoms with E-state index in [-0.39, 0.29) is 17.5 Å². The Balaban J connectivity index is 1.92. The van der Waals surface area contributed by atoms with E-state index in [1.807, 2.05) is 0 Å². The van der Waals surface area contributed by atoms with Gasteiger partial charge in [0, 0.05) is 45.2 Å². The molecule has 2 rings (SSSR count). The molecule has 1 amide bonds. The fourth-order valence-electron chi connectivity index (χ4n) is 2.96. The Morgan fingerprint density at radius 3 is 2.75 bits per heavy atom. The van der Waals surface area contributed by atoms with Crippen molar-refractivity contribution in [1.82, 2.24) is 10.2 Å². The first kappa shape index (κ1) is 17.7. The van der Waals surface area contributed by atoms with Crippen LogP contribution in [0.3, 0.4) is 0 Å². The number of nitro groups is 1. The molecular weight excluding hydrogens is 310 g/mol. The van der Waals surface area contributed by atoms with Crippen LogP contribution in [0.15, 0.2) is 29.3 Å². The summed E-state index contributed by atoms with van der Waals surface area (Å²) in [5, 5.41) is 13.9. The Bertz CT molecular complexity index is 615. The lowest BCUT2D eigenvalue weighted by molar-refractivity contribution is -0.384. The molecule has 1 atom stereocenters. The minimum absolute atomic E-state index is 0.0773. The highest BCUT2D eigenvalue weighted by Crippen LogP contribution is 2.19. The Morgan fingerprint density at radius 2 is 2.17 bits per heavy atom. The van der Waals surface area contributed by atoms with Gasteiger partial charge in [-0.25, -0.2) is 0 Å². The van der Waals surface area contributed by atoms with E-state index in [4.69, 9.17) is 5.73 Å². The number of non-ortho nitro benzene ring substituents is 1. The maximum atomic E-state index is 11.1. The maximum Gasteiger partial charge on any atom is 0.269 e. The first-order valence-corrected chi connectivity index (χ1v) is 7.97. The second-order valence-electron chi connectivity index (χ2n) is 5.95. The van der Waals surface area contributed by atoms with E-state index >= 15 is 0 Å². The van der Waals surface area contributed by atoms with Crippen molar-refractivity contribution in [3.05, 3.63) is 39.9 Å². The van der Waals surface area contributed by atoms with E-state index in [1.165, 1.54) is 12.1 Å². The second kappa shape index (κ2) is 8.28. The zero-order valence-corrected chi connectivity index (χ0v) is 13.8. The number of nitrogens with one attached hydrogen (secondary N) is 1. The Morgan fingerprint density at radius 1 is 1.46 bits per heavy atom. The first-order valence-electron chi connectivity index (χ1n) is 7.97. The minimum atomic E-state index is -0.414. The quantitative estimate of drug-likeness (QED) is 0.364. The summed E-state index contributed by atoms with van der Waals surface area (Å²) in [7, 11) is 1.72. The molecule has 8 nitrogen and oxygen atoms in total. The van der Waals surface area contributed by atoms with Crippen LogP contribution in [0.25, 0.3) is 0 Å². The molecule has 0 spiro atoms. The van der Waals surface area contributed by atoms with Gasteiger partial charge in [-0.05, 0) is 24.3 Å². The van der Waals surface area contributed by atoms with E-state index in [2.05, 4.69) is 15.2 Å². The highest BCUT2D eigenvalue weighted by atomic mass is 16.6. The second-order valence-corrected chi connectivity index (χ2v) is 5.95. The van der Waals surface area contributed by atoms with E-state index in [9.17, 15) is 14.9 Å². The fourth-order valence-corrected chi connectivity index (χ4v) is 2.96. The van der Waals surface area contributed by atoms with Gasteiger partial charge < -0.3 is 16.0 Å². The van der Waals surface area contributed by atoms with Gasteiger partial charge in [0.05, 0.1) is 4.92 Å². The van der Waals surface area contributed by atoms with Crippen molar-refractivity contribution in [3.8, 4) is 0 Å². The molecule has 0 aromatic heterocycles. The summed E-state index contributed by atoms with van der Waals surface area (Å²) in [6.07, 6.45) is 2.39. The van der Waals surface area contributed by atoms with Gasteiger partial charge in [-0.3, -0.25) is 19.9 Å².